The van der Waals surface area contributed by atoms with E-state index in [-0.39, 0.29) is 17.3 Å². The first-order chi connectivity index (χ1) is 15.0. The van der Waals surface area contributed by atoms with E-state index < -0.39 is 6.04 Å². The first-order valence-corrected chi connectivity index (χ1v) is 11.2. The van der Waals surface area contributed by atoms with Crippen molar-refractivity contribution in [3.63, 3.8) is 0 Å². The number of benzene rings is 2. The van der Waals surface area contributed by atoms with Crippen LogP contribution in [0.5, 0.6) is 0 Å². The molecule has 0 aliphatic heterocycles. The molecule has 0 amide bonds. The van der Waals surface area contributed by atoms with Crippen LogP contribution in [0, 0.1) is 0 Å². The van der Waals surface area contributed by atoms with E-state index in [1.807, 2.05) is 67.1 Å². The number of ether oxygens (including phenoxy) is 1. The van der Waals surface area contributed by atoms with Crippen molar-refractivity contribution in [1.82, 2.24) is 14.9 Å². The van der Waals surface area contributed by atoms with Crippen LogP contribution in [0.15, 0.2) is 67.1 Å². The smallest absolute Gasteiger partial charge is 0.323 e. The molecule has 3 atom stereocenters. The average molecular weight is 458 g/mol. The van der Waals surface area contributed by atoms with Gasteiger partial charge in [0.1, 0.15) is 6.04 Å². The summed E-state index contributed by atoms with van der Waals surface area (Å²) in [5, 5.41) is 4.16. The van der Waals surface area contributed by atoms with Gasteiger partial charge in [-0.3, -0.25) is 10.1 Å². The third kappa shape index (κ3) is 6.35. The standard InChI is InChI=1S/C24H28ClN3O2S/c1-17(31)23(13-19-10-6-7-11-21(19)25)28-16-26-14-20(28)15-27-22(24(29)30-2)12-18-8-4-3-5-9-18/h3-11,14,16-17,22-23,27,31H,12-13,15H2,1-2H3. The average Bonchev–Trinajstić information content (AvgIpc) is 3.24. The van der Waals surface area contributed by atoms with Gasteiger partial charge >= 0.3 is 5.97 Å². The second-order valence-corrected chi connectivity index (χ2v) is 8.76. The minimum Gasteiger partial charge on any atom is -0.468 e. The molecule has 0 aliphatic carbocycles. The number of thiol groups is 1. The van der Waals surface area contributed by atoms with Crippen LogP contribution in [0.25, 0.3) is 0 Å². The predicted molar refractivity (Wildman–Crippen MR) is 128 cm³/mol. The van der Waals surface area contributed by atoms with E-state index in [0.717, 1.165) is 28.3 Å². The topological polar surface area (TPSA) is 56.1 Å². The van der Waals surface area contributed by atoms with Crippen LogP contribution in [0.1, 0.15) is 29.8 Å². The molecule has 1 heterocycles. The van der Waals surface area contributed by atoms with Gasteiger partial charge in [0.25, 0.3) is 0 Å². The summed E-state index contributed by atoms with van der Waals surface area (Å²) >= 11 is 11.1. The normalized spacial score (nSPS) is 14.1. The highest BCUT2D eigenvalue weighted by Crippen LogP contribution is 2.27. The zero-order chi connectivity index (χ0) is 22.2. The molecule has 0 saturated carbocycles. The molecule has 0 spiro atoms. The molecule has 2 aromatic carbocycles. The summed E-state index contributed by atoms with van der Waals surface area (Å²) in [5.41, 5.74) is 3.11. The summed E-state index contributed by atoms with van der Waals surface area (Å²) in [6, 6.07) is 17.4. The minimum atomic E-state index is -0.453. The molecular formula is C24H28ClN3O2S. The fourth-order valence-corrected chi connectivity index (χ4v) is 4.08. The molecule has 1 aromatic heterocycles. The Labute approximate surface area is 194 Å². The lowest BCUT2D eigenvalue weighted by Gasteiger charge is -2.25. The summed E-state index contributed by atoms with van der Waals surface area (Å²) in [5.74, 6) is -0.287. The van der Waals surface area contributed by atoms with Gasteiger partial charge in [-0.2, -0.15) is 12.6 Å². The van der Waals surface area contributed by atoms with Gasteiger partial charge in [0, 0.05) is 23.0 Å². The fraction of sp³-hybridized carbons (Fsp3) is 0.333. The predicted octanol–water partition coefficient (Wildman–Crippen LogP) is 4.51. The molecule has 0 fully saturated rings. The molecule has 3 aromatic rings. The third-order valence-corrected chi connectivity index (χ3v) is 6.06. The van der Waals surface area contributed by atoms with E-state index in [0.29, 0.717) is 13.0 Å². The maximum absolute atomic E-state index is 12.3. The second-order valence-electron chi connectivity index (χ2n) is 7.54. The van der Waals surface area contributed by atoms with E-state index in [2.05, 4.69) is 21.8 Å². The van der Waals surface area contributed by atoms with E-state index >= 15 is 0 Å². The Balaban J connectivity index is 1.75. The molecule has 1 N–H and O–H groups in total. The Bertz CT molecular complexity index is 978. The van der Waals surface area contributed by atoms with Crippen molar-refractivity contribution in [2.45, 2.75) is 43.6 Å². The van der Waals surface area contributed by atoms with Crippen molar-refractivity contribution >= 4 is 30.2 Å². The number of rotatable bonds is 10. The van der Waals surface area contributed by atoms with Crippen molar-refractivity contribution < 1.29 is 9.53 Å². The van der Waals surface area contributed by atoms with Gasteiger partial charge in [-0.15, -0.1) is 0 Å². The fourth-order valence-electron chi connectivity index (χ4n) is 3.62. The lowest BCUT2D eigenvalue weighted by molar-refractivity contribution is -0.143. The van der Waals surface area contributed by atoms with Crippen LogP contribution in [-0.4, -0.2) is 33.9 Å². The Hall–Kier alpha value is -2.28. The Kier molecular flexibility index (Phi) is 8.58. The molecule has 164 valence electrons. The zero-order valence-electron chi connectivity index (χ0n) is 17.7. The number of methoxy groups -OCH3 is 1. The lowest BCUT2D eigenvalue weighted by Crippen LogP contribution is -2.39. The minimum absolute atomic E-state index is 0.0632. The van der Waals surface area contributed by atoms with Gasteiger partial charge in [-0.1, -0.05) is 67.1 Å². The summed E-state index contributed by atoms with van der Waals surface area (Å²) in [4.78, 5) is 16.7. The van der Waals surface area contributed by atoms with Crippen molar-refractivity contribution in [3.8, 4) is 0 Å². The molecular weight excluding hydrogens is 430 g/mol. The van der Waals surface area contributed by atoms with Gasteiger partial charge in [0.15, 0.2) is 0 Å². The monoisotopic (exact) mass is 457 g/mol. The lowest BCUT2D eigenvalue weighted by atomic mass is 10.0. The van der Waals surface area contributed by atoms with E-state index in [1.165, 1.54) is 7.11 Å². The zero-order valence-corrected chi connectivity index (χ0v) is 19.4. The maximum atomic E-state index is 12.3. The molecule has 0 aliphatic rings. The number of nitrogens with zero attached hydrogens (tertiary/aromatic N) is 2. The molecule has 3 rings (SSSR count). The number of hydrogen-bond donors (Lipinski definition) is 2. The van der Waals surface area contributed by atoms with Crippen LogP contribution in [0.2, 0.25) is 5.02 Å². The largest absolute Gasteiger partial charge is 0.468 e. The SMILES string of the molecule is COC(=O)C(Cc1ccccc1)NCc1cncn1C(Cc1ccccc1Cl)C(C)S. The number of esters is 1. The highest BCUT2D eigenvalue weighted by atomic mass is 35.5. The number of halogens is 1. The van der Waals surface area contributed by atoms with E-state index in [9.17, 15) is 4.79 Å². The van der Waals surface area contributed by atoms with Gasteiger partial charge in [0.05, 0.1) is 25.2 Å². The molecule has 0 saturated heterocycles. The number of hydrogen-bond acceptors (Lipinski definition) is 5. The van der Waals surface area contributed by atoms with Gasteiger partial charge in [-0.25, -0.2) is 4.98 Å². The molecule has 3 unspecified atom stereocenters. The molecule has 0 radical (unpaired) electrons. The first-order valence-electron chi connectivity index (χ1n) is 10.3. The van der Waals surface area contributed by atoms with Crippen molar-refractivity contribution in [1.29, 1.82) is 0 Å². The van der Waals surface area contributed by atoms with Crippen LogP contribution in [0.4, 0.5) is 0 Å². The highest BCUT2D eigenvalue weighted by Gasteiger charge is 2.23. The van der Waals surface area contributed by atoms with Crippen molar-refractivity contribution in [2.24, 2.45) is 0 Å². The molecule has 5 nitrogen and oxygen atoms in total. The quantitative estimate of drug-likeness (QED) is 0.347. The Morgan fingerprint density at radius 1 is 1.16 bits per heavy atom. The summed E-state index contributed by atoms with van der Waals surface area (Å²) in [6.07, 6.45) is 4.92. The van der Waals surface area contributed by atoms with Gasteiger partial charge in [-0.05, 0) is 30.0 Å². The number of carbonyl (C=O) groups is 1. The summed E-state index contributed by atoms with van der Waals surface area (Å²) in [7, 11) is 1.41. The van der Waals surface area contributed by atoms with Gasteiger partial charge < -0.3 is 9.30 Å². The third-order valence-electron chi connectivity index (χ3n) is 5.35. The van der Waals surface area contributed by atoms with Crippen LogP contribution in [0.3, 0.4) is 0 Å². The second kappa shape index (κ2) is 11.4. The van der Waals surface area contributed by atoms with Crippen LogP contribution >= 0.6 is 24.2 Å². The maximum Gasteiger partial charge on any atom is 0.323 e. The van der Waals surface area contributed by atoms with Gasteiger partial charge in [0.2, 0.25) is 0 Å². The van der Waals surface area contributed by atoms with E-state index in [1.54, 1.807) is 0 Å². The molecule has 31 heavy (non-hydrogen) atoms. The van der Waals surface area contributed by atoms with Crippen LogP contribution < -0.4 is 5.32 Å². The van der Waals surface area contributed by atoms with Crippen molar-refractivity contribution in [3.05, 3.63) is 89.0 Å². The number of aromatic nitrogens is 2. The summed E-state index contributed by atoms with van der Waals surface area (Å²) < 4.78 is 7.13. The highest BCUT2D eigenvalue weighted by molar-refractivity contribution is 7.80. The summed E-state index contributed by atoms with van der Waals surface area (Å²) in [6.45, 7) is 2.54. The Morgan fingerprint density at radius 2 is 1.87 bits per heavy atom. The Morgan fingerprint density at radius 3 is 2.55 bits per heavy atom. The molecule has 0 bridgehead atoms. The number of carbonyl (C=O) groups excluding carboxylic acids is 1. The number of imidazole rings is 1. The molecule has 7 heteroatoms. The van der Waals surface area contributed by atoms with Crippen LogP contribution in [-0.2, 0) is 28.9 Å². The van der Waals surface area contributed by atoms with Crippen molar-refractivity contribution in [2.75, 3.05) is 7.11 Å². The number of nitrogens with one attached hydrogen (secondary N) is 1. The first kappa shape index (κ1) is 23.4. The van der Waals surface area contributed by atoms with E-state index in [4.69, 9.17) is 29.0 Å².